The fraction of sp³-hybridized carbons (Fsp3) is 0.438. The van der Waals surface area contributed by atoms with E-state index in [4.69, 9.17) is 4.74 Å². The van der Waals surface area contributed by atoms with Crippen LogP contribution in [0.25, 0.3) is 6.08 Å². The zero-order valence-corrected chi connectivity index (χ0v) is 12.5. The van der Waals surface area contributed by atoms with Gasteiger partial charge < -0.3 is 4.74 Å². The molecular formula is C16H22CoO2. The predicted octanol–water partition coefficient (Wildman–Crippen LogP) is 4.56. The van der Waals surface area contributed by atoms with Gasteiger partial charge >= 0.3 is 5.97 Å². The summed E-state index contributed by atoms with van der Waals surface area (Å²) in [7, 11) is 0. The number of carbonyl (C=O) groups is 1. The van der Waals surface area contributed by atoms with Crippen LogP contribution in [-0.2, 0) is 26.3 Å². The smallest absolute Gasteiger partial charge is 0.310 e. The van der Waals surface area contributed by atoms with Crippen LogP contribution in [0.15, 0.2) is 36.6 Å². The summed E-state index contributed by atoms with van der Waals surface area (Å²) in [6.07, 6.45) is 9.53. The average Bonchev–Trinajstić information content (AvgIpc) is 2.40. The molecule has 1 radical (unpaired) electrons. The zero-order valence-electron chi connectivity index (χ0n) is 11.4. The van der Waals surface area contributed by atoms with Gasteiger partial charge in [-0.1, -0.05) is 62.9 Å². The van der Waals surface area contributed by atoms with Gasteiger partial charge in [0.1, 0.15) is 0 Å². The quantitative estimate of drug-likeness (QED) is 0.400. The Balaban J connectivity index is 0.00000324. The molecule has 0 amide bonds. The maximum Gasteiger partial charge on any atom is 0.310 e. The number of benzene rings is 1. The molecule has 0 bridgehead atoms. The minimum absolute atomic E-state index is 0. The second-order valence-corrected chi connectivity index (χ2v) is 4.37. The summed E-state index contributed by atoms with van der Waals surface area (Å²) >= 11 is 0. The van der Waals surface area contributed by atoms with Gasteiger partial charge in [0.2, 0.25) is 0 Å². The van der Waals surface area contributed by atoms with E-state index in [0.29, 0.717) is 6.42 Å². The molecule has 0 aliphatic heterocycles. The summed E-state index contributed by atoms with van der Waals surface area (Å²) in [5, 5.41) is 0. The van der Waals surface area contributed by atoms with Crippen LogP contribution in [-0.4, -0.2) is 5.97 Å². The number of hydrogen-bond donors (Lipinski definition) is 0. The number of rotatable bonds is 8. The summed E-state index contributed by atoms with van der Waals surface area (Å²) in [4.78, 5) is 11.4. The van der Waals surface area contributed by atoms with E-state index >= 15 is 0 Å². The van der Waals surface area contributed by atoms with E-state index in [2.05, 4.69) is 6.92 Å². The van der Waals surface area contributed by atoms with Gasteiger partial charge in [-0.25, -0.2) is 0 Å². The third-order valence-corrected chi connectivity index (χ3v) is 2.74. The van der Waals surface area contributed by atoms with Crippen LogP contribution in [0.3, 0.4) is 0 Å². The molecule has 0 aliphatic rings. The van der Waals surface area contributed by atoms with E-state index in [9.17, 15) is 4.79 Å². The number of carbonyl (C=O) groups excluding carboxylic acids is 1. The molecule has 1 rings (SSSR count). The summed E-state index contributed by atoms with van der Waals surface area (Å²) in [5.74, 6) is -0.140. The molecule has 0 heterocycles. The van der Waals surface area contributed by atoms with Crippen molar-refractivity contribution in [1.29, 1.82) is 0 Å². The molecule has 0 unspecified atom stereocenters. The van der Waals surface area contributed by atoms with Crippen molar-refractivity contribution in [2.45, 2.75) is 45.4 Å². The molecule has 107 valence electrons. The van der Waals surface area contributed by atoms with Crippen molar-refractivity contribution in [3.8, 4) is 0 Å². The van der Waals surface area contributed by atoms with Gasteiger partial charge in [-0.15, -0.1) is 0 Å². The fourth-order valence-corrected chi connectivity index (χ4v) is 1.68. The Labute approximate surface area is 126 Å². The van der Waals surface area contributed by atoms with Crippen molar-refractivity contribution in [1.82, 2.24) is 0 Å². The Morgan fingerprint density at radius 3 is 2.47 bits per heavy atom. The van der Waals surface area contributed by atoms with E-state index in [0.717, 1.165) is 18.4 Å². The first-order valence-electron chi connectivity index (χ1n) is 6.74. The normalized spacial score (nSPS) is 10.2. The average molecular weight is 305 g/mol. The first-order valence-corrected chi connectivity index (χ1v) is 6.74. The van der Waals surface area contributed by atoms with E-state index in [1.807, 2.05) is 30.3 Å². The van der Waals surface area contributed by atoms with Crippen molar-refractivity contribution < 1.29 is 26.3 Å². The van der Waals surface area contributed by atoms with Crippen molar-refractivity contribution in [3.05, 3.63) is 42.2 Å². The summed E-state index contributed by atoms with van der Waals surface area (Å²) < 4.78 is 5.03. The first-order chi connectivity index (χ1) is 8.83. The summed E-state index contributed by atoms with van der Waals surface area (Å²) in [6, 6.07) is 9.80. The van der Waals surface area contributed by atoms with Crippen LogP contribution in [0.5, 0.6) is 0 Å². The van der Waals surface area contributed by atoms with Crippen LogP contribution in [0.1, 0.15) is 51.0 Å². The maximum atomic E-state index is 11.4. The molecule has 0 aromatic heterocycles. The van der Waals surface area contributed by atoms with Crippen molar-refractivity contribution in [2.24, 2.45) is 0 Å². The molecule has 1 aromatic carbocycles. The Bertz CT molecular complexity index is 360. The van der Waals surface area contributed by atoms with Gasteiger partial charge in [-0.3, -0.25) is 4.79 Å². The SMILES string of the molecule is CCCCCCCC(=O)OC=Cc1ccccc1.[Co]. The van der Waals surface area contributed by atoms with Crippen LogP contribution in [0.4, 0.5) is 0 Å². The molecule has 1 aromatic rings. The zero-order chi connectivity index (χ0) is 13.1. The minimum Gasteiger partial charge on any atom is -0.434 e. The molecular weight excluding hydrogens is 283 g/mol. The molecule has 2 nitrogen and oxygen atoms in total. The fourth-order valence-electron chi connectivity index (χ4n) is 1.68. The van der Waals surface area contributed by atoms with E-state index in [1.165, 1.54) is 25.5 Å². The Hall–Kier alpha value is -1.06. The maximum absolute atomic E-state index is 11.4. The molecule has 0 fully saturated rings. The summed E-state index contributed by atoms with van der Waals surface area (Å²) in [5.41, 5.74) is 1.04. The van der Waals surface area contributed by atoms with Crippen LogP contribution in [0.2, 0.25) is 0 Å². The third kappa shape index (κ3) is 9.51. The van der Waals surface area contributed by atoms with Gasteiger partial charge in [-0.05, 0) is 18.1 Å². The Kier molecular flexibility index (Phi) is 11.3. The number of ether oxygens (including phenoxy) is 1. The van der Waals surface area contributed by atoms with Gasteiger partial charge in [0, 0.05) is 23.2 Å². The van der Waals surface area contributed by atoms with Gasteiger partial charge in [-0.2, -0.15) is 0 Å². The van der Waals surface area contributed by atoms with Gasteiger partial charge in [0.25, 0.3) is 0 Å². The molecule has 0 saturated carbocycles. The van der Waals surface area contributed by atoms with Crippen LogP contribution >= 0.6 is 0 Å². The topological polar surface area (TPSA) is 26.3 Å². The molecule has 19 heavy (non-hydrogen) atoms. The van der Waals surface area contributed by atoms with E-state index < -0.39 is 0 Å². The van der Waals surface area contributed by atoms with Crippen molar-refractivity contribution in [3.63, 3.8) is 0 Å². The second kappa shape index (κ2) is 12.0. The van der Waals surface area contributed by atoms with E-state index in [1.54, 1.807) is 6.08 Å². The molecule has 0 atom stereocenters. The monoisotopic (exact) mass is 305 g/mol. The van der Waals surface area contributed by atoms with E-state index in [-0.39, 0.29) is 22.7 Å². The summed E-state index contributed by atoms with van der Waals surface area (Å²) in [6.45, 7) is 2.18. The van der Waals surface area contributed by atoms with Crippen LogP contribution in [0, 0.1) is 0 Å². The standard InChI is InChI=1S/C16H22O2.Co/c1-2-3-4-5-9-12-16(17)18-14-13-15-10-7-6-8-11-15;/h6-8,10-11,13-14H,2-5,9,12H2,1H3;. The molecule has 0 N–H and O–H groups in total. The number of hydrogen-bond acceptors (Lipinski definition) is 2. The Morgan fingerprint density at radius 2 is 1.79 bits per heavy atom. The molecule has 0 saturated heterocycles. The predicted molar refractivity (Wildman–Crippen MR) is 74.9 cm³/mol. The number of unbranched alkanes of at least 4 members (excludes halogenated alkanes) is 4. The minimum atomic E-state index is -0.140. The third-order valence-electron chi connectivity index (χ3n) is 2.74. The second-order valence-electron chi connectivity index (χ2n) is 4.37. The molecule has 0 aliphatic carbocycles. The van der Waals surface area contributed by atoms with Gasteiger partial charge in [0.05, 0.1) is 6.26 Å². The van der Waals surface area contributed by atoms with Crippen LogP contribution < -0.4 is 0 Å². The number of esters is 1. The van der Waals surface area contributed by atoms with Crippen molar-refractivity contribution in [2.75, 3.05) is 0 Å². The molecule has 0 spiro atoms. The molecule has 3 heteroatoms. The Morgan fingerprint density at radius 1 is 1.11 bits per heavy atom. The van der Waals surface area contributed by atoms with Crippen molar-refractivity contribution >= 4 is 12.0 Å². The largest absolute Gasteiger partial charge is 0.434 e. The first kappa shape index (κ1) is 17.9. The van der Waals surface area contributed by atoms with Gasteiger partial charge in [0.15, 0.2) is 0 Å².